The first-order chi connectivity index (χ1) is 10.5. The number of anilines is 1. The molecule has 9 heteroatoms. The summed E-state index contributed by atoms with van der Waals surface area (Å²) in [6.45, 7) is 5.02. The maximum Gasteiger partial charge on any atom is 0.434 e. The Morgan fingerprint density at radius 1 is 1.30 bits per heavy atom. The minimum atomic E-state index is -4.47. The molecule has 23 heavy (non-hydrogen) atoms. The van der Waals surface area contributed by atoms with Gasteiger partial charge in [0.1, 0.15) is 5.82 Å². The first-order valence-electron chi connectivity index (χ1n) is 7.25. The van der Waals surface area contributed by atoms with Gasteiger partial charge in [-0.15, -0.1) is 0 Å². The third-order valence-electron chi connectivity index (χ3n) is 3.66. The number of halogens is 3. The van der Waals surface area contributed by atoms with E-state index in [1.165, 1.54) is 0 Å². The standard InChI is InChI=1S/C9H19NO2.C5H4F3N3/c1-6(2)8-9(12)7(11)4-5-10(8)3;6-5(7,8)3-1-10-2-4(9)11-3/h6-9,11-12H,4-5H2,1-3H3;1-2H,(H2,9,11). The van der Waals surface area contributed by atoms with Crippen molar-refractivity contribution in [1.29, 1.82) is 0 Å². The van der Waals surface area contributed by atoms with E-state index >= 15 is 0 Å². The van der Waals surface area contributed by atoms with Gasteiger partial charge in [0.05, 0.1) is 24.6 Å². The first kappa shape index (κ1) is 19.6. The molecule has 3 unspecified atom stereocenters. The van der Waals surface area contributed by atoms with Crippen LogP contribution < -0.4 is 5.73 Å². The molecule has 6 nitrogen and oxygen atoms in total. The van der Waals surface area contributed by atoms with Crippen molar-refractivity contribution in [2.45, 2.75) is 44.7 Å². The van der Waals surface area contributed by atoms with Crippen LogP contribution in [0.4, 0.5) is 19.0 Å². The smallest absolute Gasteiger partial charge is 0.390 e. The van der Waals surface area contributed by atoms with Crippen LogP contribution in [0.25, 0.3) is 0 Å². The fourth-order valence-electron chi connectivity index (χ4n) is 2.57. The second-order valence-electron chi connectivity index (χ2n) is 5.89. The van der Waals surface area contributed by atoms with Gasteiger partial charge in [-0.25, -0.2) is 4.98 Å². The summed E-state index contributed by atoms with van der Waals surface area (Å²) in [5, 5.41) is 19.1. The van der Waals surface area contributed by atoms with Gasteiger partial charge in [-0.2, -0.15) is 13.2 Å². The number of hydrogen-bond donors (Lipinski definition) is 3. The fraction of sp³-hybridized carbons (Fsp3) is 0.714. The molecule has 1 aromatic rings. The Bertz CT molecular complexity index is 499. The van der Waals surface area contributed by atoms with Crippen LogP contribution in [0, 0.1) is 5.92 Å². The summed E-state index contributed by atoms with van der Waals surface area (Å²) in [6.07, 6.45) is -3.23. The molecule has 132 valence electrons. The van der Waals surface area contributed by atoms with Crippen molar-refractivity contribution < 1.29 is 23.4 Å². The normalized spacial score (nSPS) is 25.9. The minimum Gasteiger partial charge on any atom is -0.390 e. The van der Waals surface area contributed by atoms with E-state index in [9.17, 15) is 23.4 Å². The minimum absolute atomic E-state index is 0.105. The summed E-state index contributed by atoms with van der Waals surface area (Å²) in [5.74, 6) is 0.153. The van der Waals surface area contributed by atoms with Crippen molar-refractivity contribution in [2.24, 2.45) is 5.92 Å². The number of aliphatic hydroxyl groups is 2. The number of nitrogen functional groups attached to an aromatic ring is 1. The van der Waals surface area contributed by atoms with E-state index in [4.69, 9.17) is 5.73 Å². The van der Waals surface area contributed by atoms with Crippen LogP contribution in [0.2, 0.25) is 0 Å². The number of nitrogens with two attached hydrogens (primary N) is 1. The van der Waals surface area contributed by atoms with Crippen LogP contribution >= 0.6 is 0 Å². The van der Waals surface area contributed by atoms with Crippen molar-refractivity contribution >= 4 is 5.82 Å². The Kier molecular flexibility index (Phi) is 6.72. The first-order valence-corrected chi connectivity index (χ1v) is 7.25. The number of likely N-dealkylation sites (N-methyl/N-ethyl adjacent to an activating group) is 1. The van der Waals surface area contributed by atoms with Crippen LogP contribution in [0.1, 0.15) is 26.0 Å². The molecule has 0 aromatic carbocycles. The van der Waals surface area contributed by atoms with Crippen LogP contribution in [-0.4, -0.2) is 56.9 Å². The monoisotopic (exact) mass is 336 g/mol. The number of hydrogen-bond acceptors (Lipinski definition) is 6. The van der Waals surface area contributed by atoms with Gasteiger partial charge in [0, 0.05) is 12.6 Å². The lowest BCUT2D eigenvalue weighted by molar-refractivity contribution is -0.141. The highest BCUT2D eigenvalue weighted by molar-refractivity contribution is 5.24. The summed E-state index contributed by atoms with van der Waals surface area (Å²) in [7, 11) is 2.00. The van der Waals surface area contributed by atoms with Crippen LogP contribution in [0.5, 0.6) is 0 Å². The maximum atomic E-state index is 11.8. The Morgan fingerprint density at radius 3 is 2.30 bits per heavy atom. The van der Waals surface area contributed by atoms with E-state index in [1.54, 1.807) is 0 Å². The summed E-state index contributed by atoms with van der Waals surface area (Å²) in [5.41, 5.74) is 3.91. The van der Waals surface area contributed by atoms with Crippen molar-refractivity contribution in [2.75, 3.05) is 19.3 Å². The van der Waals surface area contributed by atoms with Crippen molar-refractivity contribution in [3.8, 4) is 0 Å². The highest BCUT2D eigenvalue weighted by atomic mass is 19.4. The predicted octanol–water partition coefficient (Wildman–Crippen LogP) is 1.15. The quantitative estimate of drug-likeness (QED) is 0.712. The highest BCUT2D eigenvalue weighted by Gasteiger charge is 2.35. The van der Waals surface area contributed by atoms with E-state index in [-0.39, 0.29) is 11.9 Å². The number of aliphatic hydroxyl groups excluding tert-OH is 2. The number of alkyl halides is 3. The van der Waals surface area contributed by atoms with Crippen LogP contribution in [0.15, 0.2) is 12.4 Å². The SMILES string of the molecule is CC(C)C1C(O)C(O)CCN1C.Nc1cncc(C(F)(F)F)n1. The second kappa shape index (κ2) is 7.89. The van der Waals surface area contributed by atoms with E-state index in [1.807, 2.05) is 7.05 Å². The molecule has 2 rings (SSSR count). The van der Waals surface area contributed by atoms with Crippen molar-refractivity contribution in [3.05, 3.63) is 18.1 Å². The molecule has 1 saturated heterocycles. The highest BCUT2D eigenvalue weighted by Crippen LogP contribution is 2.26. The summed E-state index contributed by atoms with van der Waals surface area (Å²) >= 11 is 0. The Balaban J connectivity index is 0.000000231. The van der Waals surface area contributed by atoms with Gasteiger partial charge in [-0.1, -0.05) is 13.8 Å². The van der Waals surface area contributed by atoms with Gasteiger partial charge in [0.25, 0.3) is 0 Å². The molecule has 0 amide bonds. The topological polar surface area (TPSA) is 95.5 Å². The summed E-state index contributed by atoms with van der Waals surface area (Å²) < 4.78 is 35.4. The molecular weight excluding hydrogens is 313 g/mol. The lowest BCUT2D eigenvalue weighted by Crippen LogP contribution is -2.55. The molecule has 1 aromatic heterocycles. The molecule has 1 aliphatic heterocycles. The molecule has 4 N–H and O–H groups in total. The zero-order chi connectivity index (χ0) is 17.8. The van der Waals surface area contributed by atoms with Crippen molar-refractivity contribution in [1.82, 2.24) is 14.9 Å². The fourth-order valence-corrected chi connectivity index (χ4v) is 2.57. The summed E-state index contributed by atoms with van der Waals surface area (Å²) in [6, 6.07) is 0.105. The lowest BCUT2D eigenvalue weighted by Gasteiger charge is -2.41. The molecule has 3 atom stereocenters. The molecule has 0 saturated carbocycles. The Morgan fingerprint density at radius 2 is 1.91 bits per heavy atom. The lowest BCUT2D eigenvalue weighted by atomic mass is 9.89. The predicted molar refractivity (Wildman–Crippen MR) is 79.3 cm³/mol. The number of nitrogens with zero attached hydrogens (tertiary/aromatic N) is 3. The Labute approximate surface area is 133 Å². The molecule has 0 aliphatic carbocycles. The average Bonchev–Trinajstić information content (AvgIpc) is 2.43. The molecule has 0 radical (unpaired) electrons. The Hall–Kier alpha value is -1.45. The second-order valence-corrected chi connectivity index (χ2v) is 5.89. The maximum absolute atomic E-state index is 11.8. The summed E-state index contributed by atoms with van der Waals surface area (Å²) in [4.78, 5) is 8.40. The third kappa shape index (κ3) is 5.60. The number of aromatic nitrogens is 2. The molecule has 1 aliphatic rings. The van der Waals surface area contributed by atoms with Gasteiger partial charge in [0.15, 0.2) is 5.69 Å². The average molecular weight is 336 g/mol. The van der Waals surface area contributed by atoms with Gasteiger partial charge < -0.3 is 20.8 Å². The van der Waals surface area contributed by atoms with E-state index in [2.05, 4.69) is 28.7 Å². The molecule has 0 bridgehead atoms. The zero-order valence-corrected chi connectivity index (χ0v) is 13.3. The molecular formula is C14H23F3N4O2. The molecule has 1 fully saturated rings. The molecule has 2 heterocycles. The van der Waals surface area contributed by atoms with Crippen LogP contribution in [0.3, 0.4) is 0 Å². The largest absolute Gasteiger partial charge is 0.434 e. The van der Waals surface area contributed by atoms with Gasteiger partial charge in [-0.05, 0) is 19.4 Å². The van der Waals surface area contributed by atoms with Gasteiger partial charge in [0.2, 0.25) is 0 Å². The van der Waals surface area contributed by atoms with Crippen molar-refractivity contribution in [3.63, 3.8) is 0 Å². The third-order valence-corrected chi connectivity index (χ3v) is 3.66. The van der Waals surface area contributed by atoms with Gasteiger partial charge >= 0.3 is 6.18 Å². The van der Waals surface area contributed by atoms with Gasteiger partial charge in [-0.3, -0.25) is 4.98 Å². The molecule has 0 spiro atoms. The van der Waals surface area contributed by atoms with E-state index in [0.29, 0.717) is 18.5 Å². The van der Waals surface area contributed by atoms with E-state index < -0.39 is 24.1 Å². The number of piperidine rings is 1. The zero-order valence-electron chi connectivity index (χ0n) is 13.3. The van der Waals surface area contributed by atoms with Crippen LogP contribution in [-0.2, 0) is 6.18 Å². The number of likely N-dealkylation sites (tertiary alicyclic amines) is 1. The number of rotatable bonds is 1. The van der Waals surface area contributed by atoms with E-state index in [0.717, 1.165) is 12.7 Å².